The molecular formula is C48H32N4. The zero-order valence-electron chi connectivity index (χ0n) is 28.4. The highest BCUT2D eigenvalue weighted by atomic mass is 14.8. The van der Waals surface area contributed by atoms with Gasteiger partial charge in [0.25, 0.3) is 0 Å². The van der Waals surface area contributed by atoms with E-state index in [4.69, 9.17) is 15.0 Å². The van der Waals surface area contributed by atoms with E-state index in [9.17, 15) is 0 Å². The Hall–Kier alpha value is -7.04. The van der Waals surface area contributed by atoms with Crippen LogP contribution < -0.4 is 0 Å². The summed E-state index contributed by atoms with van der Waals surface area (Å²) in [4.78, 5) is 19.3. The van der Waals surface area contributed by atoms with Gasteiger partial charge in [-0.15, -0.1) is 0 Å². The summed E-state index contributed by atoms with van der Waals surface area (Å²) in [5.74, 6) is 0. The number of hydrogen-bond acceptors (Lipinski definition) is 4. The van der Waals surface area contributed by atoms with Crippen LogP contribution in [-0.2, 0) is 0 Å². The Kier molecular flexibility index (Phi) is 7.75. The number of nitrogens with zero attached hydrogens (tertiary/aromatic N) is 4. The Bertz CT molecular complexity index is 2820. The van der Waals surface area contributed by atoms with E-state index < -0.39 is 0 Å². The van der Waals surface area contributed by atoms with E-state index >= 15 is 0 Å². The minimum atomic E-state index is 0.680. The molecule has 0 bridgehead atoms. The molecule has 4 heteroatoms. The van der Waals surface area contributed by atoms with Crippen molar-refractivity contribution in [3.05, 3.63) is 189 Å². The smallest absolute Gasteiger partial charge is 0.0893 e. The van der Waals surface area contributed by atoms with Gasteiger partial charge < -0.3 is 0 Å². The molecule has 9 rings (SSSR count). The van der Waals surface area contributed by atoms with Gasteiger partial charge in [0.1, 0.15) is 0 Å². The van der Waals surface area contributed by atoms with E-state index in [1.807, 2.05) is 36.7 Å². The van der Waals surface area contributed by atoms with Crippen LogP contribution in [0.15, 0.2) is 188 Å². The highest BCUT2D eigenvalue weighted by molar-refractivity contribution is 6.24. The third-order valence-electron chi connectivity index (χ3n) is 9.78. The quantitative estimate of drug-likeness (QED) is 0.126. The molecule has 0 unspecified atom stereocenters. The lowest BCUT2D eigenvalue weighted by Gasteiger charge is -2.20. The Morgan fingerprint density at radius 2 is 0.904 bits per heavy atom. The summed E-state index contributed by atoms with van der Waals surface area (Å²) in [5.41, 5.74) is 9.78. The molecule has 0 spiro atoms. The molecule has 3 heterocycles. The van der Waals surface area contributed by atoms with Crippen molar-refractivity contribution in [3.8, 4) is 44.9 Å². The zero-order chi connectivity index (χ0) is 35.0. The first-order valence-corrected chi connectivity index (χ1v) is 17.3. The number of pyridine rings is 3. The van der Waals surface area contributed by atoms with Crippen molar-refractivity contribution >= 4 is 48.8 Å². The monoisotopic (exact) mass is 664 g/mol. The molecule has 52 heavy (non-hydrogen) atoms. The molecular weight excluding hydrogens is 633 g/mol. The molecule has 0 radical (unpaired) electrons. The molecule has 0 N–H and O–H groups in total. The van der Waals surface area contributed by atoms with E-state index in [2.05, 4.69) is 139 Å². The molecule has 0 fully saturated rings. The zero-order valence-corrected chi connectivity index (χ0v) is 28.4. The minimum absolute atomic E-state index is 0.680. The van der Waals surface area contributed by atoms with Crippen molar-refractivity contribution in [3.63, 3.8) is 0 Å². The lowest BCUT2D eigenvalue weighted by Crippen LogP contribution is -2.01. The molecule has 0 amide bonds. The van der Waals surface area contributed by atoms with Crippen molar-refractivity contribution in [1.29, 1.82) is 0 Å². The van der Waals surface area contributed by atoms with Crippen molar-refractivity contribution in [2.75, 3.05) is 0 Å². The van der Waals surface area contributed by atoms with Crippen LogP contribution in [-0.4, -0.2) is 20.7 Å². The lowest BCUT2D eigenvalue weighted by atomic mass is 9.84. The molecule has 4 nitrogen and oxygen atoms in total. The second kappa shape index (κ2) is 13.0. The summed E-state index contributed by atoms with van der Waals surface area (Å²) in [6, 6.07) is 51.1. The lowest BCUT2D eigenvalue weighted by molar-refractivity contribution is 1.30. The third-order valence-corrected chi connectivity index (χ3v) is 9.78. The third kappa shape index (κ3) is 5.09. The van der Waals surface area contributed by atoms with Gasteiger partial charge in [0.2, 0.25) is 0 Å². The van der Waals surface area contributed by atoms with E-state index in [0.717, 1.165) is 88.1 Å². The van der Waals surface area contributed by atoms with Crippen LogP contribution in [0.2, 0.25) is 0 Å². The van der Waals surface area contributed by atoms with Gasteiger partial charge in [-0.3, -0.25) is 15.0 Å². The largest absolute Gasteiger partial charge is 0.256 e. The van der Waals surface area contributed by atoms with Crippen LogP contribution in [0.25, 0.3) is 88.0 Å². The topological polar surface area (TPSA) is 51.0 Å². The fraction of sp³-hybridized carbons (Fsp3) is 0. The van der Waals surface area contributed by atoms with Gasteiger partial charge in [0.05, 0.1) is 28.5 Å². The fourth-order valence-electron chi connectivity index (χ4n) is 7.66. The average molecular weight is 665 g/mol. The van der Waals surface area contributed by atoms with Gasteiger partial charge in [-0.25, -0.2) is 4.98 Å². The van der Waals surface area contributed by atoms with Crippen LogP contribution in [0.5, 0.6) is 0 Å². The first-order valence-electron chi connectivity index (χ1n) is 17.3. The standard InChI is InChI=1S/C48H32N4/c1-3-40(49-4-2)41-24-15-25-44(52-41)47-34-18-7-5-16-32(34)45(33-17-6-8-19-35(33)47)31-26-27-38-39(30-31)48(43-23-12-14-29-51-43)37-21-10-9-20-36(37)46(38)42-22-11-13-28-50-42/h3-30H,1-2H2. The van der Waals surface area contributed by atoms with Crippen LogP contribution >= 0.6 is 0 Å². The summed E-state index contributed by atoms with van der Waals surface area (Å²) in [6.07, 6.45) is 6.98. The maximum Gasteiger partial charge on any atom is 0.0893 e. The molecule has 6 aromatic carbocycles. The second-order valence-electron chi connectivity index (χ2n) is 12.6. The van der Waals surface area contributed by atoms with Crippen LogP contribution in [0.4, 0.5) is 0 Å². The van der Waals surface area contributed by atoms with Crippen molar-refractivity contribution in [2.45, 2.75) is 0 Å². The molecule has 0 atom stereocenters. The second-order valence-corrected chi connectivity index (χ2v) is 12.6. The van der Waals surface area contributed by atoms with Gasteiger partial charge in [-0.1, -0.05) is 116 Å². The Labute approximate surface area is 301 Å². The van der Waals surface area contributed by atoms with Crippen LogP contribution in [0, 0.1) is 0 Å². The van der Waals surface area contributed by atoms with Gasteiger partial charge in [-0.2, -0.15) is 0 Å². The molecule has 0 aliphatic rings. The highest BCUT2D eigenvalue weighted by Crippen LogP contribution is 2.47. The van der Waals surface area contributed by atoms with E-state index in [-0.39, 0.29) is 0 Å². The number of hydrogen-bond donors (Lipinski definition) is 0. The van der Waals surface area contributed by atoms with E-state index in [0.29, 0.717) is 5.71 Å². The predicted octanol–water partition coefficient (Wildman–Crippen LogP) is 12.3. The molecule has 0 saturated heterocycles. The van der Waals surface area contributed by atoms with Crippen LogP contribution in [0.3, 0.4) is 0 Å². The van der Waals surface area contributed by atoms with E-state index in [1.165, 1.54) is 11.8 Å². The summed E-state index contributed by atoms with van der Waals surface area (Å²) >= 11 is 0. The molecule has 9 aromatic rings. The summed E-state index contributed by atoms with van der Waals surface area (Å²) in [5, 5.41) is 9.09. The predicted molar refractivity (Wildman–Crippen MR) is 219 cm³/mol. The average Bonchev–Trinajstić information content (AvgIpc) is 3.21. The Morgan fingerprint density at radius 1 is 0.442 bits per heavy atom. The normalized spacial score (nSPS) is 11.7. The number of aromatic nitrogens is 3. The van der Waals surface area contributed by atoms with Crippen molar-refractivity contribution in [1.82, 2.24) is 15.0 Å². The van der Waals surface area contributed by atoms with Crippen molar-refractivity contribution in [2.24, 2.45) is 4.99 Å². The molecule has 3 aromatic heterocycles. The summed E-state index contributed by atoms with van der Waals surface area (Å²) < 4.78 is 0. The first-order chi connectivity index (χ1) is 25.7. The first kappa shape index (κ1) is 31.0. The van der Waals surface area contributed by atoms with Crippen molar-refractivity contribution < 1.29 is 0 Å². The Balaban J connectivity index is 1.39. The van der Waals surface area contributed by atoms with Gasteiger partial charge in [0.15, 0.2) is 0 Å². The summed E-state index contributed by atoms with van der Waals surface area (Å²) in [7, 11) is 0. The highest BCUT2D eigenvalue weighted by Gasteiger charge is 2.21. The van der Waals surface area contributed by atoms with Gasteiger partial charge in [-0.05, 0) is 103 Å². The number of rotatable bonds is 7. The maximum absolute atomic E-state index is 5.13. The number of benzene rings is 6. The molecule has 244 valence electrons. The van der Waals surface area contributed by atoms with Crippen LogP contribution in [0.1, 0.15) is 5.69 Å². The number of aliphatic imine (C=N–C) groups is 1. The fourth-order valence-corrected chi connectivity index (χ4v) is 7.66. The summed E-state index contributed by atoms with van der Waals surface area (Å²) in [6.45, 7) is 7.75. The molecule has 0 aliphatic carbocycles. The van der Waals surface area contributed by atoms with E-state index in [1.54, 1.807) is 6.08 Å². The Morgan fingerprint density at radius 3 is 1.40 bits per heavy atom. The van der Waals surface area contributed by atoms with Gasteiger partial charge in [0, 0.05) is 35.3 Å². The SMILES string of the molecule is C=CN=C(C=C)c1cccc(-c2c3ccccc3c(-c3ccc4c(-c5ccccn5)c5ccccc5c(-c5ccccn5)c4c3)c3ccccc23)n1. The number of fused-ring (bicyclic) bond motifs is 4. The maximum atomic E-state index is 5.13. The number of allylic oxidation sites excluding steroid dienone is 1. The molecule has 0 aliphatic heterocycles. The minimum Gasteiger partial charge on any atom is -0.256 e. The van der Waals surface area contributed by atoms with Gasteiger partial charge >= 0.3 is 0 Å². The molecule has 0 saturated carbocycles.